The van der Waals surface area contributed by atoms with Gasteiger partial charge in [-0.05, 0) is 55.0 Å². The van der Waals surface area contributed by atoms with Crippen molar-refractivity contribution in [1.82, 2.24) is 29.0 Å². The molecule has 0 saturated heterocycles. The molecule has 0 aromatic carbocycles. The predicted octanol–water partition coefficient (Wildman–Crippen LogP) is 2.42. The van der Waals surface area contributed by atoms with Crippen LogP contribution >= 0.6 is 0 Å². The van der Waals surface area contributed by atoms with Gasteiger partial charge in [0.15, 0.2) is 5.82 Å². The zero-order valence-corrected chi connectivity index (χ0v) is 19.9. The van der Waals surface area contributed by atoms with Gasteiger partial charge >= 0.3 is 0 Å². The third-order valence-corrected chi connectivity index (χ3v) is 8.25. The van der Waals surface area contributed by atoms with Gasteiger partial charge in [0.2, 0.25) is 10.0 Å². The molecule has 0 aliphatic carbocycles. The molecule has 0 saturated carbocycles. The second kappa shape index (κ2) is 9.22. The van der Waals surface area contributed by atoms with Gasteiger partial charge in [-0.25, -0.2) is 13.4 Å². The number of aromatic nitrogens is 5. The molecule has 3 aromatic heterocycles. The normalized spacial score (nSPS) is 16.0. The molecule has 178 valence electrons. The van der Waals surface area contributed by atoms with Crippen LogP contribution in [0.5, 0.6) is 0 Å². The summed E-state index contributed by atoms with van der Waals surface area (Å²) in [5, 5.41) is 11.4. The van der Waals surface area contributed by atoms with Gasteiger partial charge < -0.3 is 9.88 Å². The number of hydrogen-bond donors (Lipinski definition) is 1. The molecule has 10 nitrogen and oxygen atoms in total. The van der Waals surface area contributed by atoms with Crippen LogP contribution in [0.15, 0.2) is 30.5 Å². The largest absolute Gasteiger partial charge is 0.310 e. The first kappa shape index (κ1) is 22.6. The van der Waals surface area contributed by atoms with Gasteiger partial charge in [-0.15, -0.1) is 10.2 Å². The summed E-state index contributed by atoms with van der Waals surface area (Å²) in [6, 6.07) is 7.06. The zero-order valence-electron chi connectivity index (χ0n) is 19.1. The molecule has 0 bridgehead atoms. The number of hydrogen-bond acceptors (Lipinski definition) is 7. The van der Waals surface area contributed by atoms with Crippen LogP contribution in [0, 0.1) is 0 Å². The lowest BCUT2D eigenvalue weighted by molar-refractivity contribution is 0.102. The third kappa shape index (κ3) is 4.45. The number of carbonyl (C=O) groups is 1. The fourth-order valence-corrected chi connectivity index (χ4v) is 5.95. The predicted molar refractivity (Wildman–Crippen MR) is 127 cm³/mol. The Balaban J connectivity index is 1.34. The average molecular weight is 482 g/mol. The number of sulfonamides is 1. The van der Waals surface area contributed by atoms with Crippen molar-refractivity contribution in [2.75, 3.05) is 17.6 Å². The van der Waals surface area contributed by atoms with Crippen LogP contribution in [0.25, 0.3) is 11.5 Å². The Morgan fingerprint density at radius 3 is 2.85 bits per heavy atom. The van der Waals surface area contributed by atoms with Gasteiger partial charge in [-0.3, -0.25) is 9.78 Å². The highest BCUT2D eigenvalue weighted by molar-refractivity contribution is 7.89. The van der Waals surface area contributed by atoms with Crippen LogP contribution < -0.4 is 5.32 Å². The molecule has 1 N–H and O–H groups in total. The summed E-state index contributed by atoms with van der Waals surface area (Å²) in [6.45, 7) is 3.40. The summed E-state index contributed by atoms with van der Waals surface area (Å²) in [6.07, 6.45) is 5.91. The Morgan fingerprint density at radius 1 is 1.12 bits per heavy atom. The van der Waals surface area contributed by atoms with Crippen LogP contribution in [0.3, 0.4) is 0 Å². The molecule has 3 aromatic rings. The summed E-state index contributed by atoms with van der Waals surface area (Å²) in [7, 11) is -3.30. The molecule has 5 heterocycles. The van der Waals surface area contributed by atoms with Crippen molar-refractivity contribution in [3.05, 3.63) is 53.1 Å². The first-order chi connectivity index (χ1) is 16.4. The van der Waals surface area contributed by atoms with Gasteiger partial charge in [0, 0.05) is 32.3 Å². The minimum Gasteiger partial charge on any atom is -0.310 e. The summed E-state index contributed by atoms with van der Waals surface area (Å²) in [5.41, 5.74) is 2.65. The summed E-state index contributed by atoms with van der Waals surface area (Å²) in [5.74, 6) is 1.78. The average Bonchev–Trinajstić information content (AvgIpc) is 3.28. The fourth-order valence-electron chi connectivity index (χ4n) is 4.47. The molecule has 1 amide bonds. The number of aryl methyl sites for hydroxylation is 1. The first-order valence-electron chi connectivity index (χ1n) is 11.6. The van der Waals surface area contributed by atoms with Crippen LogP contribution in [-0.2, 0) is 36.0 Å². The smallest absolute Gasteiger partial charge is 0.275 e. The van der Waals surface area contributed by atoms with Gasteiger partial charge in [0.05, 0.1) is 5.75 Å². The van der Waals surface area contributed by atoms with E-state index in [9.17, 15) is 13.2 Å². The van der Waals surface area contributed by atoms with Gasteiger partial charge in [-0.1, -0.05) is 13.0 Å². The van der Waals surface area contributed by atoms with Crippen LogP contribution in [0.2, 0.25) is 0 Å². The zero-order chi connectivity index (χ0) is 23.7. The second-order valence-corrected chi connectivity index (χ2v) is 10.7. The highest BCUT2D eigenvalue weighted by Gasteiger charge is 2.27. The molecule has 2 aliphatic heterocycles. The Bertz CT molecular complexity index is 1340. The van der Waals surface area contributed by atoms with Crippen molar-refractivity contribution < 1.29 is 13.2 Å². The number of anilines is 1. The van der Waals surface area contributed by atoms with Crippen LogP contribution in [0.4, 0.5) is 5.82 Å². The van der Waals surface area contributed by atoms with Gasteiger partial charge in [-0.2, -0.15) is 4.31 Å². The quantitative estimate of drug-likeness (QED) is 0.573. The number of pyridine rings is 2. The lowest BCUT2D eigenvalue weighted by Crippen LogP contribution is -2.37. The van der Waals surface area contributed by atoms with Crippen molar-refractivity contribution in [1.29, 1.82) is 0 Å². The Labute approximate surface area is 198 Å². The van der Waals surface area contributed by atoms with E-state index in [1.165, 1.54) is 4.31 Å². The Morgan fingerprint density at radius 2 is 2.00 bits per heavy atom. The van der Waals surface area contributed by atoms with Crippen molar-refractivity contribution in [2.45, 2.75) is 52.1 Å². The van der Waals surface area contributed by atoms with E-state index in [0.29, 0.717) is 36.7 Å². The molecule has 2 aliphatic rings. The molecular weight excluding hydrogens is 454 g/mol. The monoisotopic (exact) mass is 481 g/mol. The Kier molecular flexibility index (Phi) is 6.13. The molecule has 0 fully saturated rings. The third-order valence-electron chi connectivity index (χ3n) is 6.23. The molecule has 0 spiro atoms. The van der Waals surface area contributed by atoms with Crippen molar-refractivity contribution >= 4 is 21.7 Å². The maximum atomic E-state index is 12.9. The molecule has 0 unspecified atom stereocenters. The summed E-state index contributed by atoms with van der Waals surface area (Å²) >= 11 is 0. The second-order valence-electron chi connectivity index (χ2n) is 8.65. The minimum atomic E-state index is -3.30. The lowest BCUT2D eigenvalue weighted by atomic mass is 10.0. The Hall–Kier alpha value is -3.18. The molecule has 5 rings (SSSR count). The van der Waals surface area contributed by atoms with E-state index in [1.54, 1.807) is 18.3 Å². The number of amides is 1. The summed E-state index contributed by atoms with van der Waals surface area (Å²) in [4.78, 5) is 21.8. The van der Waals surface area contributed by atoms with Gasteiger partial charge in [0.25, 0.3) is 5.91 Å². The molecular formula is C23H27N7O3S. The molecule has 11 heteroatoms. The van der Waals surface area contributed by atoms with E-state index in [0.717, 1.165) is 42.8 Å². The maximum absolute atomic E-state index is 12.9. The summed E-state index contributed by atoms with van der Waals surface area (Å²) < 4.78 is 28.5. The van der Waals surface area contributed by atoms with E-state index in [1.807, 2.05) is 19.1 Å². The fraction of sp³-hybridized carbons (Fsp3) is 0.435. The number of rotatable bonds is 6. The van der Waals surface area contributed by atoms with Crippen molar-refractivity contribution in [3.63, 3.8) is 0 Å². The SMILES string of the molecule is CCCS(=O)(=O)N1CCc2cnc(C(=O)Nc3cccc(-c4nnc5n4CCCC5)n3)cc2C1. The lowest BCUT2D eigenvalue weighted by Gasteiger charge is -2.28. The topological polar surface area (TPSA) is 123 Å². The number of carbonyl (C=O) groups excluding carboxylic acids is 1. The molecule has 0 atom stereocenters. The molecule has 0 radical (unpaired) electrons. The van der Waals surface area contributed by atoms with Crippen molar-refractivity contribution in [2.24, 2.45) is 0 Å². The van der Waals surface area contributed by atoms with Crippen LogP contribution in [-0.4, -0.2) is 55.7 Å². The van der Waals surface area contributed by atoms with Gasteiger partial charge in [0.1, 0.15) is 23.0 Å². The van der Waals surface area contributed by atoms with E-state index in [2.05, 4.69) is 30.0 Å². The van der Waals surface area contributed by atoms with E-state index in [4.69, 9.17) is 0 Å². The van der Waals surface area contributed by atoms with E-state index < -0.39 is 15.9 Å². The van der Waals surface area contributed by atoms with E-state index in [-0.39, 0.29) is 18.0 Å². The van der Waals surface area contributed by atoms with Crippen molar-refractivity contribution in [3.8, 4) is 11.5 Å². The number of nitrogens with zero attached hydrogens (tertiary/aromatic N) is 6. The number of nitrogens with one attached hydrogen (secondary N) is 1. The highest BCUT2D eigenvalue weighted by atomic mass is 32.2. The van der Waals surface area contributed by atoms with E-state index >= 15 is 0 Å². The minimum absolute atomic E-state index is 0.123. The number of fused-ring (bicyclic) bond motifs is 2. The first-order valence-corrected chi connectivity index (χ1v) is 13.2. The standard InChI is InChI=1S/C23H27N7O3S/c1-2-12-34(32,33)29-11-9-16-14-24-19(13-17(16)15-29)23(31)26-20-7-5-6-18(25-20)22-28-27-21-8-3-4-10-30(21)22/h5-7,13-14H,2-4,8-12,15H2,1H3,(H,25,26,31). The van der Waals surface area contributed by atoms with Crippen LogP contribution in [0.1, 0.15) is 53.6 Å². The maximum Gasteiger partial charge on any atom is 0.275 e. The molecule has 34 heavy (non-hydrogen) atoms. The highest BCUT2D eigenvalue weighted by Crippen LogP contribution is 2.24.